The van der Waals surface area contributed by atoms with Crippen LogP contribution in [0.3, 0.4) is 0 Å². The smallest absolute Gasteiger partial charge is 0.233 e. The molecular formula is C13H14BrFN4O. The molecule has 106 valence electrons. The molecule has 0 saturated heterocycles. The third-order valence-electron chi connectivity index (χ3n) is 2.86. The second kappa shape index (κ2) is 6.74. The molecule has 0 aliphatic heterocycles. The highest BCUT2D eigenvalue weighted by atomic mass is 79.9. The fourth-order valence-corrected chi connectivity index (χ4v) is 2.20. The fraction of sp³-hybridized carbons (Fsp3) is 0.231. The number of aromatic nitrogens is 2. The van der Waals surface area contributed by atoms with Crippen molar-refractivity contribution < 1.29 is 9.13 Å². The molecule has 20 heavy (non-hydrogen) atoms. The van der Waals surface area contributed by atoms with Crippen LogP contribution in [0.25, 0.3) is 0 Å². The number of hydrogen-bond donors (Lipinski definition) is 2. The van der Waals surface area contributed by atoms with Gasteiger partial charge in [0, 0.05) is 10.5 Å². The van der Waals surface area contributed by atoms with E-state index >= 15 is 0 Å². The number of ether oxygens (including phenoxy) is 1. The number of rotatable bonds is 5. The maximum absolute atomic E-state index is 13.3. The van der Waals surface area contributed by atoms with Gasteiger partial charge in [-0.2, -0.15) is 5.10 Å². The molecule has 0 aliphatic rings. The molecule has 1 atom stereocenters. The van der Waals surface area contributed by atoms with Gasteiger partial charge in [0.15, 0.2) is 0 Å². The second-order valence-electron chi connectivity index (χ2n) is 4.16. The van der Waals surface area contributed by atoms with Crippen LogP contribution in [0.5, 0.6) is 5.88 Å². The SMILES string of the molecule is COc1ccc(C(Cc2cc(F)ccc2Br)NN)nn1. The van der Waals surface area contributed by atoms with Gasteiger partial charge < -0.3 is 4.74 Å². The Morgan fingerprint density at radius 2 is 2.15 bits per heavy atom. The summed E-state index contributed by atoms with van der Waals surface area (Å²) in [4.78, 5) is 0. The highest BCUT2D eigenvalue weighted by molar-refractivity contribution is 9.10. The van der Waals surface area contributed by atoms with Crippen molar-refractivity contribution in [3.8, 4) is 5.88 Å². The van der Waals surface area contributed by atoms with Crippen molar-refractivity contribution >= 4 is 15.9 Å². The van der Waals surface area contributed by atoms with E-state index in [1.165, 1.54) is 19.2 Å². The summed E-state index contributed by atoms with van der Waals surface area (Å²) in [6.45, 7) is 0. The van der Waals surface area contributed by atoms with Crippen LogP contribution in [0, 0.1) is 5.82 Å². The van der Waals surface area contributed by atoms with Crippen molar-refractivity contribution in [2.45, 2.75) is 12.5 Å². The molecule has 3 N–H and O–H groups in total. The van der Waals surface area contributed by atoms with Gasteiger partial charge in [-0.05, 0) is 36.2 Å². The molecule has 0 amide bonds. The summed E-state index contributed by atoms with van der Waals surface area (Å²) in [6.07, 6.45) is 0.482. The van der Waals surface area contributed by atoms with Crippen molar-refractivity contribution in [1.29, 1.82) is 0 Å². The molecule has 5 nitrogen and oxygen atoms in total. The monoisotopic (exact) mass is 340 g/mol. The molecule has 1 heterocycles. The quantitative estimate of drug-likeness (QED) is 0.644. The van der Waals surface area contributed by atoms with Gasteiger partial charge in [-0.25, -0.2) is 4.39 Å². The topological polar surface area (TPSA) is 73.1 Å². The van der Waals surface area contributed by atoms with Crippen molar-refractivity contribution in [3.63, 3.8) is 0 Å². The summed E-state index contributed by atoms with van der Waals surface area (Å²) in [5.41, 5.74) is 4.12. The molecule has 0 bridgehead atoms. The molecule has 0 fully saturated rings. The summed E-state index contributed by atoms with van der Waals surface area (Å²) < 4.78 is 19.1. The van der Waals surface area contributed by atoms with Gasteiger partial charge in [0.25, 0.3) is 0 Å². The number of benzene rings is 1. The minimum Gasteiger partial charge on any atom is -0.480 e. The van der Waals surface area contributed by atoms with Gasteiger partial charge in [-0.3, -0.25) is 11.3 Å². The predicted molar refractivity (Wildman–Crippen MR) is 76.5 cm³/mol. The van der Waals surface area contributed by atoms with Crippen LogP contribution in [0.1, 0.15) is 17.3 Å². The molecule has 0 aliphatic carbocycles. The van der Waals surface area contributed by atoms with Crippen LogP contribution in [0.4, 0.5) is 4.39 Å². The lowest BCUT2D eigenvalue weighted by molar-refractivity contribution is 0.389. The van der Waals surface area contributed by atoms with E-state index in [1.54, 1.807) is 18.2 Å². The summed E-state index contributed by atoms with van der Waals surface area (Å²) in [5, 5.41) is 7.94. The highest BCUT2D eigenvalue weighted by Gasteiger charge is 2.15. The summed E-state index contributed by atoms with van der Waals surface area (Å²) in [7, 11) is 1.52. The zero-order valence-corrected chi connectivity index (χ0v) is 12.4. The highest BCUT2D eigenvalue weighted by Crippen LogP contribution is 2.23. The normalized spacial score (nSPS) is 12.2. The number of nitrogens with two attached hydrogens (primary N) is 1. The van der Waals surface area contributed by atoms with E-state index < -0.39 is 0 Å². The number of nitrogens with zero attached hydrogens (tertiary/aromatic N) is 2. The Balaban J connectivity index is 2.21. The molecule has 1 aromatic heterocycles. The molecular weight excluding hydrogens is 327 g/mol. The molecule has 1 unspecified atom stereocenters. The number of hydrazine groups is 1. The zero-order valence-electron chi connectivity index (χ0n) is 10.8. The van der Waals surface area contributed by atoms with E-state index in [0.717, 1.165) is 10.0 Å². The first kappa shape index (κ1) is 14.8. The first-order chi connectivity index (χ1) is 9.63. The molecule has 0 radical (unpaired) electrons. The van der Waals surface area contributed by atoms with E-state index in [-0.39, 0.29) is 11.9 Å². The van der Waals surface area contributed by atoms with Gasteiger partial charge >= 0.3 is 0 Å². The Morgan fingerprint density at radius 3 is 2.75 bits per heavy atom. The first-order valence-corrected chi connectivity index (χ1v) is 6.71. The van der Waals surface area contributed by atoms with Crippen LogP contribution < -0.4 is 16.0 Å². The summed E-state index contributed by atoms with van der Waals surface area (Å²) in [6, 6.07) is 7.72. The maximum Gasteiger partial charge on any atom is 0.233 e. The summed E-state index contributed by atoms with van der Waals surface area (Å²) in [5.74, 6) is 5.69. The Bertz CT molecular complexity index is 579. The van der Waals surface area contributed by atoms with Gasteiger partial charge in [-0.1, -0.05) is 15.9 Å². The van der Waals surface area contributed by atoms with Crippen LogP contribution >= 0.6 is 15.9 Å². The Hall–Kier alpha value is -1.57. The van der Waals surface area contributed by atoms with E-state index in [1.807, 2.05) is 0 Å². The van der Waals surface area contributed by atoms with Gasteiger partial charge in [-0.15, -0.1) is 5.10 Å². The van der Waals surface area contributed by atoms with Crippen molar-refractivity contribution in [2.75, 3.05) is 7.11 Å². The van der Waals surface area contributed by atoms with E-state index in [9.17, 15) is 4.39 Å². The van der Waals surface area contributed by atoms with Crippen molar-refractivity contribution in [3.05, 3.63) is 51.9 Å². The molecule has 2 rings (SSSR count). The maximum atomic E-state index is 13.3. The van der Waals surface area contributed by atoms with Gasteiger partial charge in [0.2, 0.25) is 5.88 Å². The van der Waals surface area contributed by atoms with Crippen LogP contribution in [0.15, 0.2) is 34.8 Å². The van der Waals surface area contributed by atoms with Crippen LogP contribution in [0.2, 0.25) is 0 Å². The third-order valence-corrected chi connectivity index (χ3v) is 3.63. The average molecular weight is 341 g/mol. The molecule has 7 heteroatoms. The Labute approximate surface area is 124 Å². The molecule has 0 spiro atoms. The van der Waals surface area contributed by atoms with E-state index in [0.29, 0.717) is 18.0 Å². The van der Waals surface area contributed by atoms with Crippen LogP contribution in [-0.2, 0) is 6.42 Å². The standard InChI is InChI=1S/C13H14BrFN4O/c1-20-13-5-4-11(18-19-13)12(17-16)7-8-6-9(15)2-3-10(8)14/h2-6,12,17H,7,16H2,1H3. The first-order valence-electron chi connectivity index (χ1n) is 5.91. The van der Waals surface area contributed by atoms with Crippen molar-refractivity contribution in [2.24, 2.45) is 5.84 Å². The number of nitrogens with one attached hydrogen (secondary N) is 1. The number of methoxy groups -OCH3 is 1. The predicted octanol–water partition coefficient (Wildman–Crippen LogP) is 2.13. The average Bonchev–Trinajstić information content (AvgIpc) is 2.48. The van der Waals surface area contributed by atoms with E-state index in [4.69, 9.17) is 10.6 Å². The molecule has 0 saturated carbocycles. The van der Waals surface area contributed by atoms with E-state index in [2.05, 4.69) is 31.6 Å². The molecule has 2 aromatic rings. The van der Waals surface area contributed by atoms with Crippen molar-refractivity contribution in [1.82, 2.24) is 15.6 Å². The van der Waals surface area contributed by atoms with Gasteiger partial charge in [0.1, 0.15) is 5.82 Å². The largest absolute Gasteiger partial charge is 0.480 e. The lowest BCUT2D eigenvalue weighted by Crippen LogP contribution is -2.30. The fourth-order valence-electron chi connectivity index (χ4n) is 1.79. The zero-order chi connectivity index (χ0) is 14.5. The third kappa shape index (κ3) is 3.50. The van der Waals surface area contributed by atoms with Gasteiger partial charge in [0.05, 0.1) is 18.8 Å². The second-order valence-corrected chi connectivity index (χ2v) is 5.01. The Morgan fingerprint density at radius 1 is 1.35 bits per heavy atom. The summed E-state index contributed by atoms with van der Waals surface area (Å²) >= 11 is 3.39. The lowest BCUT2D eigenvalue weighted by atomic mass is 10.0. The number of halogens is 2. The molecule has 1 aromatic carbocycles. The lowest BCUT2D eigenvalue weighted by Gasteiger charge is -2.16. The Kier molecular flexibility index (Phi) is 4.99. The minimum absolute atomic E-state index is 0.272. The minimum atomic E-state index is -0.292. The van der Waals surface area contributed by atoms with Crippen LogP contribution in [-0.4, -0.2) is 17.3 Å². The number of hydrogen-bond acceptors (Lipinski definition) is 5.